The van der Waals surface area contributed by atoms with E-state index in [1.54, 1.807) is 24.3 Å². The van der Waals surface area contributed by atoms with Gasteiger partial charge in [-0.15, -0.1) is 0 Å². The Hall–Kier alpha value is -3.41. The Kier molecular flexibility index (Phi) is 5.65. The van der Waals surface area contributed by atoms with Gasteiger partial charge in [0.05, 0.1) is 11.0 Å². The normalized spacial score (nSPS) is 11.4. The van der Waals surface area contributed by atoms with E-state index in [2.05, 4.69) is 22.5 Å². The lowest BCUT2D eigenvalue weighted by Gasteiger charge is -2.10. The van der Waals surface area contributed by atoms with Crippen LogP contribution < -0.4 is 11.5 Å². The summed E-state index contributed by atoms with van der Waals surface area (Å²) >= 11 is 0. The maximum Gasteiger partial charge on any atom is 0.162 e. The second kappa shape index (κ2) is 8.53. The number of hydrogen-bond donors (Lipinski definition) is 2. The van der Waals surface area contributed by atoms with Gasteiger partial charge in [0.2, 0.25) is 0 Å². The van der Waals surface area contributed by atoms with E-state index < -0.39 is 0 Å². The first kappa shape index (κ1) is 19.9. The fourth-order valence-electron chi connectivity index (χ4n) is 3.96. The van der Waals surface area contributed by atoms with E-state index in [0.29, 0.717) is 17.9 Å². The molecule has 0 saturated carbocycles. The number of carbonyl (C=O) groups excluding carboxylic acids is 1. The predicted octanol–water partition coefficient (Wildman–Crippen LogP) is 4.75. The molecule has 2 heterocycles. The van der Waals surface area contributed by atoms with E-state index >= 15 is 0 Å². The summed E-state index contributed by atoms with van der Waals surface area (Å²) in [7, 11) is 0. The van der Waals surface area contributed by atoms with Crippen LogP contribution in [0.25, 0.3) is 21.9 Å². The molecule has 154 valence electrons. The number of rotatable bonds is 8. The minimum Gasteiger partial charge on any atom is -0.399 e. The second-order valence-electron chi connectivity index (χ2n) is 7.60. The summed E-state index contributed by atoms with van der Waals surface area (Å²) in [6, 6.07) is 15.2. The lowest BCUT2D eigenvalue weighted by atomic mass is 10.0. The van der Waals surface area contributed by atoms with Gasteiger partial charge in [-0.1, -0.05) is 31.5 Å². The minimum atomic E-state index is 0.169. The topological polar surface area (TPSA) is 99.8 Å². The molecule has 0 fully saturated rings. The number of nitrogens with two attached hydrogens (primary N) is 2. The maximum absolute atomic E-state index is 12.3. The molecule has 0 bridgehead atoms. The molecule has 0 amide bonds. The van der Waals surface area contributed by atoms with Gasteiger partial charge in [0.15, 0.2) is 11.6 Å². The van der Waals surface area contributed by atoms with Crippen molar-refractivity contribution in [1.29, 1.82) is 0 Å². The summed E-state index contributed by atoms with van der Waals surface area (Å²) in [6.45, 7) is 2.96. The summed E-state index contributed by atoms with van der Waals surface area (Å²) in [6.07, 6.45) is 4.20. The molecular weight excluding hydrogens is 374 g/mol. The standard InChI is InChI=1S/C24H27N5O/c1-2-21-28-22-23(18-8-5-6-9-19(18)27-24(22)26)29(21)15-7-3-4-10-20(30)16-11-13-17(25)14-12-16/h5-6,8-9,11-14H,2-4,7,10,15,25H2,1H3,(H2,26,27). The van der Waals surface area contributed by atoms with Gasteiger partial charge in [-0.3, -0.25) is 4.79 Å². The molecule has 4 aromatic rings. The molecule has 30 heavy (non-hydrogen) atoms. The monoisotopic (exact) mass is 401 g/mol. The lowest BCUT2D eigenvalue weighted by molar-refractivity contribution is 0.0979. The van der Waals surface area contributed by atoms with Gasteiger partial charge in [-0.2, -0.15) is 0 Å². The number of unbranched alkanes of at least 4 members (excludes halogenated alkanes) is 2. The molecule has 0 saturated heterocycles. The van der Waals surface area contributed by atoms with Crippen LogP contribution in [0.5, 0.6) is 0 Å². The number of Topliss-reactive ketones (excluding diaryl/α,β-unsaturated/α-hetero) is 1. The Labute approximate surface area is 175 Å². The second-order valence-corrected chi connectivity index (χ2v) is 7.60. The van der Waals surface area contributed by atoms with Crippen molar-refractivity contribution >= 4 is 39.2 Å². The van der Waals surface area contributed by atoms with Gasteiger partial charge in [-0.05, 0) is 43.2 Å². The van der Waals surface area contributed by atoms with E-state index in [1.807, 2.05) is 18.2 Å². The van der Waals surface area contributed by atoms with Crippen molar-refractivity contribution in [3.8, 4) is 0 Å². The number of nitrogens with zero attached hydrogens (tertiary/aromatic N) is 3. The van der Waals surface area contributed by atoms with E-state index in [0.717, 1.165) is 65.6 Å². The molecule has 4 N–H and O–H groups in total. The molecule has 2 aromatic heterocycles. The quantitative estimate of drug-likeness (QED) is 0.252. The minimum absolute atomic E-state index is 0.169. The molecule has 0 spiro atoms. The number of carbonyl (C=O) groups is 1. The van der Waals surface area contributed by atoms with Crippen molar-refractivity contribution in [3.63, 3.8) is 0 Å². The molecular formula is C24H27N5O. The highest BCUT2D eigenvalue weighted by Gasteiger charge is 2.16. The zero-order valence-electron chi connectivity index (χ0n) is 17.3. The van der Waals surface area contributed by atoms with Crippen LogP contribution in [0.2, 0.25) is 0 Å². The molecule has 0 atom stereocenters. The molecule has 0 aliphatic carbocycles. The number of para-hydroxylation sites is 1. The Bertz CT molecular complexity index is 1190. The van der Waals surface area contributed by atoms with Gasteiger partial charge in [0, 0.05) is 36.0 Å². The van der Waals surface area contributed by atoms with Crippen LogP contribution in [-0.4, -0.2) is 20.3 Å². The van der Waals surface area contributed by atoms with Crippen LogP contribution in [0.1, 0.15) is 48.8 Å². The molecule has 0 radical (unpaired) electrons. The van der Waals surface area contributed by atoms with Crippen molar-refractivity contribution in [1.82, 2.24) is 14.5 Å². The molecule has 6 nitrogen and oxygen atoms in total. The van der Waals surface area contributed by atoms with Crippen molar-refractivity contribution in [3.05, 3.63) is 59.9 Å². The summed E-state index contributed by atoms with van der Waals surface area (Å²) < 4.78 is 2.28. The van der Waals surface area contributed by atoms with Gasteiger partial charge in [0.1, 0.15) is 11.3 Å². The van der Waals surface area contributed by atoms with Gasteiger partial charge >= 0.3 is 0 Å². The van der Waals surface area contributed by atoms with Crippen molar-refractivity contribution in [2.75, 3.05) is 11.5 Å². The molecule has 0 aliphatic heterocycles. The average Bonchev–Trinajstić information content (AvgIpc) is 3.13. The Morgan fingerprint density at radius 2 is 1.73 bits per heavy atom. The van der Waals surface area contributed by atoms with Crippen LogP contribution >= 0.6 is 0 Å². The van der Waals surface area contributed by atoms with Crippen LogP contribution in [0.4, 0.5) is 11.5 Å². The number of imidazole rings is 1. The maximum atomic E-state index is 12.3. The van der Waals surface area contributed by atoms with Crippen molar-refractivity contribution in [2.24, 2.45) is 0 Å². The summed E-state index contributed by atoms with van der Waals surface area (Å²) in [5.74, 6) is 1.67. The lowest BCUT2D eigenvalue weighted by Crippen LogP contribution is -2.04. The van der Waals surface area contributed by atoms with E-state index in [4.69, 9.17) is 16.5 Å². The number of anilines is 2. The highest BCUT2D eigenvalue weighted by Crippen LogP contribution is 2.29. The Balaban J connectivity index is 1.46. The zero-order chi connectivity index (χ0) is 21.1. The summed E-state index contributed by atoms with van der Waals surface area (Å²) in [4.78, 5) is 21.6. The zero-order valence-corrected chi connectivity index (χ0v) is 17.3. The smallest absolute Gasteiger partial charge is 0.162 e. The SMILES string of the molecule is CCc1nc2c(N)nc3ccccc3c2n1CCCCCC(=O)c1ccc(N)cc1. The number of aryl methyl sites for hydroxylation is 2. The Morgan fingerprint density at radius 3 is 2.50 bits per heavy atom. The largest absolute Gasteiger partial charge is 0.399 e. The number of hydrogen-bond acceptors (Lipinski definition) is 5. The molecule has 4 rings (SSSR count). The third-order valence-electron chi connectivity index (χ3n) is 5.52. The first-order chi connectivity index (χ1) is 14.6. The number of benzene rings is 2. The molecule has 0 unspecified atom stereocenters. The third kappa shape index (κ3) is 3.85. The molecule has 0 aliphatic rings. The number of pyridine rings is 1. The van der Waals surface area contributed by atoms with Crippen molar-refractivity contribution in [2.45, 2.75) is 45.6 Å². The number of aromatic nitrogens is 3. The highest BCUT2D eigenvalue weighted by molar-refractivity contribution is 6.06. The van der Waals surface area contributed by atoms with Gasteiger partial charge in [-0.25, -0.2) is 9.97 Å². The highest BCUT2D eigenvalue weighted by atomic mass is 16.1. The molecule has 2 aromatic carbocycles. The number of fused-ring (bicyclic) bond motifs is 3. The number of nitrogen functional groups attached to an aromatic ring is 2. The van der Waals surface area contributed by atoms with Gasteiger partial charge < -0.3 is 16.0 Å². The van der Waals surface area contributed by atoms with Crippen LogP contribution in [0, 0.1) is 0 Å². The Morgan fingerprint density at radius 1 is 0.967 bits per heavy atom. The first-order valence-corrected chi connectivity index (χ1v) is 10.5. The summed E-state index contributed by atoms with van der Waals surface area (Å²) in [5, 5.41) is 1.08. The van der Waals surface area contributed by atoms with E-state index in [-0.39, 0.29) is 5.78 Å². The van der Waals surface area contributed by atoms with Crippen molar-refractivity contribution < 1.29 is 4.79 Å². The third-order valence-corrected chi connectivity index (χ3v) is 5.52. The fraction of sp³-hybridized carbons (Fsp3) is 0.292. The van der Waals surface area contributed by atoms with E-state index in [1.165, 1.54) is 0 Å². The van der Waals surface area contributed by atoms with Crippen LogP contribution in [0.3, 0.4) is 0 Å². The van der Waals surface area contributed by atoms with Gasteiger partial charge in [0.25, 0.3) is 0 Å². The van der Waals surface area contributed by atoms with E-state index in [9.17, 15) is 4.79 Å². The average molecular weight is 402 g/mol. The molecule has 6 heteroatoms. The van der Waals surface area contributed by atoms with Crippen LogP contribution in [-0.2, 0) is 13.0 Å². The number of ketones is 1. The summed E-state index contributed by atoms with van der Waals surface area (Å²) in [5.41, 5.74) is 16.0. The predicted molar refractivity (Wildman–Crippen MR) is 122 cm³/mol. The first-order valence-electron chi connectivity index (χ1n) is 10.5. The van der Waals surface area contributed by atoms with Crippen LogP contribution in [0.15, 0.2) is 48.5 Å². The fourth-order valence-corrected chi connectivity index (χ4v) is 3.96.